The van der Waals surface area contributed by atoms with Crippen molar-refractivity contribution in [3.8, 4) is 0 Å². The second-order valence-corrected chi connectivity index (χ2v) is 17.6. The second-order valence-electron chi connectivity index (χ2n) is 17.6. The Morgan fingerprint density at radius 1 is 0.339 bits per heavy atom. The third-order valence-electron chi connectivity index (χ3n) is 11.3. The van der Waals surface area contributed by atoms with Crippen molar-refractivity contribution >= 4 is 17.9 Å². The van der Waals surface area contributed by atoms with Gasteiger partial charge in [0.05, 0.1) is 0 Å². The lowest BCUT2D eigenvalue weighted by Crippen LogP contribution is -2.30. The molecule has 0 aliphatic rings. The first-order chi connectivity index (χ1) is 27.4. The van der Waals surface area contributed by atoms with Crippen molar-refractivity contribution < 1.29 is 28.6 Å². The molecular formula is C50H96O6. The van der Waals surface area contributed by atoms with E-state index in [0.717, 1.165) is 63.7 Å². The van der Waals surface area contributed by atoms with Crippen molar-refractivity contribution in [2.75, 3.05) is 13.2 Å². The minimum atomic E-state index is -0.760. The van der Waals surface area contributed by atoms with Gasteiger partial charge >= 0.3 is 17.9 Å². The van der Waals surface area contributed by atoms with E-state index >= 15 is 0 Å². The lowest BCUT2D eigenvalue weighted by atomic mass is 10.0. The van der Waals surface area contributed by atoms with Crippen LogP contribution in [0.5, 0.6) is 0 Å². The highest BCUT2D eigenvalue weighted by Crippen LogP contribution is 2.17. The molecule has 0 aliphatic carbocycles. The Kier molecular flexibility index (Phi) is 43.2. The lowest BCUT2D eigenvalue weighted by molar-refractivity contribution is -0.167. The van der Waals surface area contributed by atoms with Gasteiger partial charge in [-0.3, -0.25) is 14.4 Å². The zero-order valence-electron chi connectivity index (χ0n) is 38.1. The number of ether oxygens (including phenoxy) is 3. The SMILES string of the molecule is CCCCCCCCCCCCCCCCCC(=O)OC[C@H](COC(=O)CCCCCCCCCCCCCCCC)OC(=O)CCCCCCCCC(C)C. The third kappa shape index (κ3) is 43.5. The quantitative estimate of drug-likeness (QED) is 0.0347. The summed E-state index contributed by atoms with van der Waals surface area (Å²) in [7, 11) is 0. The van der Waals surface area contributed by atoms with Gasteiger partial charge in [0.25, 0.3) is 0 Å². The summed E-state index contributed by atoms with van der Waals surface area (Å²) in [4.78, 5) is 37.8. The van der Waals surface area contributed by atoms with E-state index in [1.165, 1.54) is 173 Å². The van der Waals surface area contributed by atoms with Crippen LogP contribution in [0.2, 0.25) is 0 Å². The fourth-order valence-electron chi connectivity index (χ4n) is 7.51. The van der Waals surface area contributed by atoms with Crippen molar-refractivity contribution in [1.29, 1.82) is 0 Å². The molecule has 0 saturated heterocycles. The van der Waals surface area contributed by atoms with Crippen molar-refractivity contribution in [3.05, 3.63) is 0 Å². The second kappa shape index (κ2) is 44.5. The smallest absolute Gasteiger partial charge is 0.306 e. The van der Waals surface area contributed by atoms with Gasteiger partial charge in [-0.25, -0.2) is 0 Å². The van der Waals surface area contributed by atoms with E-state index in [1.807, 2.05) is 0 Å². The number of hydrogen-bond donors (Lipinski definition) is 0. The van der Waals surface area contributed by atoms with E-state index in [1.54, 1.807) is 0 Å². The van der Waals surface area contributed by atoms with Crippen LogP contribution in [-0.2, 0) is 28.6 Å². The molecule has 0 aromatic rings. The predicted molar refractivity (Wildman–Crippen MR) is 238 cm³/mol. The number of hydrogen-bond acceptors (Lipinski definition) is 6. The summed E-state index contributed by atoms with van der Waals surface area (Å²) in [6.45, 7) is 8.95. The zero-order valence-corrected chi connectivity index (χ0v) is 38.1. The highest BCUT2D eigenvalue weighted by Gasteiger charge is 2.19. The molecule has 1 atom stereocenters. The maximum atomic E-state index is 12.7. The summed E-state index contributed by atoms with van der Waals surface area (Å²) in [5.74, 6) is -0.0935. The maximum Gasteiger partial charge on any atom is 0.306 e. The van der Waals surface area contributed by atoms with Gasteiger partial charge in [0.2, 0.25) is 0 Å². The topological polar surface area (TPSA) is 78.9 Å². The monoisotopic (exact) mass is 793 g/mol. The van der Waals surface area contributed by atoms with Crippen LogP contribution in [-0.4, -0.2) is 37.2 Å². The van der Waals surface area contributed by atoms with Gasteiger partial charge in [0.1, 0.15) is 13.2 Å². The summed E-state index contributed by atoms with van der Waals surface area (Å²) < 4.78 is 16.8. The number of carbonyl (C=O) groups excluding carboxylic acids is 3. The molecular weight excluding hydrogens is 697 g/mol. The minimum absolute atomic E-state index is 0.0642. The fraction of sp³-hybridized carbons (Fsp3) is 0.940. The molecule has 0 bridgehead atoms. The molecule has 6 heteroatoms. The average Bonchev–Trinajstić information content (AvgIpc) is 3.18. The van der Waals surface area contributed by atoms with Crippen LogP contribution in [0, 0.1) is 5.92 Å². The standard InChI is InChI=1S/C50H96O6/c1-5-7-9-11-13-15-17-19-21-23-25-27-29-34-38-42-49(52)55-45-47(56-50(53)43-39-35-31-30-32-36-40-46(3)4)44-54-48(51)41-37-33-28-26-24-22-20-18-16-14-12-10-8-6-2/h46-47H,5-45H2,1-4H3/t47-/m0/s1. The first kappa shape index (κ1) is 54.4. The molecule has 0 spiro atoms. The average molecular weight is 793 g/mol. The first-order valence-corrected chi connectivity index (χ1v) is 24.9. The van der Waals surface area contributed by atoms with Crippen molar-refractivity contribution in [2.45, 2.75) is 284 Å². The van der Waals surface area contributed by atoms with Crippen molar-refractivity contribution in [3.63, 3.8) is 0 Å². The number of carbonyl (C=O) groups is 3. The van der Waals surface area contributed by atoms with Crippen molar-refractivity contribution in [2.24, 2.45) is 5.92 Å². The molecule has 0 aliphatic heterocycles. The van der Waals surface area contributed by atoms with Gasteiger partial charge in [-0.2, -0.15) is 0 Å². The Morgan fingerprint density at radius 2 is 0.589 bits per heavy atom. The number of rotatable bonds is 45. The predicted octanol–water partition coefficient (Wildman–Crippen LogP) is 15.9. The van der Waals surface area contributed by atoms with E-state index in [-0.39, 0.29) is 31.1 Å². The van der Waals surface area contributed by atoms with E-state index in [2.05, 4.69) is 27.7 Å². The molecule has 0 aromatic heterocycles. The van der Waals surface area contributed by atoms with Crippen LogP contribution >= 0.6 is 0 Å². The molecule has 56 heavy (non-hydrogen) atoms. The molecule has 0 heterocycles. The van der Waals surface area contributed by atoms with E-state index in [9.17, 15) is 14.4 Å². The lowest BCUT2D eigenvalue weighted by Gasteiger charge is -2.18. The van der Waals surface area contributed by atoms with Gasteiger partial charge in [-0.05, 0) is 25.2 Å². The summed E-state index contributed by atoms with van der Waals surface area (Å²) in [6, 6.07) is 0. The van der Waals surface area contributed by atoms with Crippen LogP contribution in [0.15, 0.2) is 0 Å². The van der Waals surface area contributed by atoms with Crippen LogP contribution in [0.1, 0.15) is 278 Å². The van der Waals surface area contributed by atoms with E-state index < -0.39 is 6.10 Å². The van der Waals surface area contributed by atoms with E-state index in [0.29, 0.717) is 19.3 Å². The molecule has 0 saturated carbocycles. The maximum absolute atomic E-state index is 12.7. The summed E-state index contributed by atoms with van der Waals surface area (Å²) in [5.41, 5.74) is 0. The summed E-state index contributed by atoms with van der Waals surface area (Å²) in [6.07, 6.45) is 45.3. The van der Waals surface area contributed by atoms with Crippen LogP contribution < -0.4 is 0 Å². The highest BCUT2D eigenvalue weighted by molar-refractivity contribution is 5.71. The van der Waals surface area contributed by atoms with Gasteiger partial charge < -0.3 is 14.2 Å². The highest BCUT2D eigenvalue weighted by atomic mass is 16.6. The van der Waals surface area contributed by atoms with Gasteiger partial charge in [0, 0.05) is 19.3 Å². The summed E-state index contributed by atoms with van der Waals surface area (Å²) in [5, 5.41) is 0. The Balaban J connectivity index is 4.26. The number of esters is 3. The van der Waals surface area contributed by atoms with Gasteiger partial charge in [-0.1, -0.05) is 240 Å². The Labute approximate surface area is 348 Å². The third-order valence-corrected chi connectivity index (χ3v) is 11.3. The molecule has 6 nitrogen and oxygen atoms in total. The van der Waals surface area contributed by atoms with Crippen LogP contribution in [0.3, 0.4) is 0 Å². The Bertz CT molecular complexity index is 841. The molecule has 0 unspecified atom stereocenters. The molecule has 0 aromatic carbocycles. The number of unbranched alkanes of at least 4 members (excludes halogenated alkanes) is 32. The Hall–Kier alpha value is -1.59. The van der Waals surface area contributed by atoms with Crippen molar-refractivity contribution in [1.82, 2.24) is 0 Å². The normalized spacial score (nSPS) is 11.9. The van der Waals surface area contributed by atoms with Gasteiger partial charge in [0.15, 0.2) is 6.10 Å². The molecule has 0 rings (SSSR count). The largest absolute Gasteiger partial charge is 0.462 e. The molecule has 0 N–H and O–H groups in total. The van der Waals surface area contributed by atoms with Crippen LogP contribution in [0.25, 0.3) is 0 Å². The minimum Gasteiger partial charge on any atom is -0.462 e. The zero-order chi connectivity index (χ0) is 41.0. The Morgan fingerprint density at radius 3 is 0.875 bits per heavy atom. The summed E-state index contributed by atoms with van der Waals surface area (Å²) >= 11 is 0. The molecule has 0 fully saturated rings. The molecule has 0 radical (unpaired) electrons. The fourth-order valence-corrected chi connectivity index (χ4v) is 7.51. The van der Waals surface area contributed by atoms with Crippen LogP contribution in [0.4, 0.5) is 0 Å². The molecule has 0 amide bonds. The molecule has 332 valence electrons. The van der Waals surface area contributed by atoms with E-state index in [4.69, 9.17) is 14.2 Å². The van der Waals surface area contributed by atoms with Gasteiger partial charge in [-0.15, -0.1) is 0 Å². The first-order valence-electron chi connectivity index (χ1n) is 24.9.